The summed E-state index contributed by atoms with van der Waals surface area (Å²) in [5.41, 5.74) is 5.71. The molecule has 3 rings (SSSR count). The monoisotopic (exact) mass is 348 g/mol. The van der Waals surface area contributed by atoms with Gasteiger partial charge >= 0.3 is 5.97 Å². The van der Waals surface area contributed by atoms with Gasteiger partial charge in [0, 0.05) is 5.75 Å². The van der Waals surface area contributed by atoms with Crippen molar-refractivity contribution < 1.29 is 9.53 Å². The standard InChI is InChI=1S/C22H20O2S/c23-22(14-15-25)24-16-17-6-8-19(9-7-17)21-12-10-20(11-13-21)18-4-2-1-3-5-18/h1-13,25H,14-16H2. The lowest BCUT2D eigenvalue weighted by molar-refractivity contribution is -0.144. The van der Waals surface area contributed by atoms with Crippen LogP contribution in [0.25, 0.3) is 22.3 Å². The Kier molecular flexibility index (Phi) is 5.91. The van der Waals surface area contributed by atoms with Crippen LogP contribution in [-0.4, -0.2) is 11.7 Å². The Hall–Kier alpha value is -2.52. The largest absolute Gasteiger partial charge is 0.461 e. The minimum absolute atomic E-state index is 0.212. The SMILES string of the molecule is O=C(CCS)OCc1ccc(-c2ccc(-c3ccccc3)cc2)cc1. The molecule has 126 valence electrons. The molecule has 0 amide bonds. The van der Waals surface area contributed by atoms with Gasteiger partial charge in [-0.1, -0.05) is 78.9 Å². The summed E-state index contributed by atoms with van der Waals surface area (Å²) in [5, 5.41) is 0. The molecule has 0 aromatic heterocycles. The van der Waals surface area contributed by atoms with Crippen molar-refractivity contribution in [2.75, 3.05) is 5.75 Å². The number of benzene rings is 3. The molecule has 3 aromatic carbocycles. The maximum atomic E-state index is 11.4. The minimum atomic E-state index is -0.212. The van der Waals surface area contributed by atoms with Gasteiger partial charge in [0.2, 0.25) is 0 Å². The van der Waals surface area contributed by atoms with Crippen molar-refractivity contribution in [2.45, 2.75) is 13.0 Å². The van der Waals surface area contributed by atoms with Gasteiger partial charge in [0.25, 0.3) is 0 Å². The molecule has 0 aliphatic heterocycles. The van der Waals surface area contributed by atoms with Gasteiger partial charge in [-0.25, -0.2) is 0 Å². The second-order valence-corrected chi connectivity index (χ2v) is 6.22. The summed E-state index contributed by atoms with van der Waals surface area (Å²) in [4.78, 5) is 11.4. The van der Waals surface area contributed by atoms with E-state index in [1.54, 1.807) is 0 Å². The summed E-state index contributed by atoms with van der Waals surface area (Å²) in [5.74, 6) is 0.298. The van der Waals surface area contributed by atoms with Gasteiger partial charge in [-0.3, -0.25) is 4.79 Å². The van der Waals surface area contributed by atoms with Gasteiger partial charge in [0.05, 0.1) is 6.42 Å². The molecule has 0 N–H and O–H groups in total. The average Bonchev–Trinajstić information content (AvgIpc) is 2.68. The van der Waals surface area contributed by atoms with Crippen LogP contribution in [0, 0.1) is 0 Å². The Morgan fingerprint density at radius 1 is 0.720 bits per heavy atom. The highest BCUT2D eigenvalue weighted by molar-refractivity contribution is 7.80. The first kappa shape index (κ1) is 17.3. The molecule has 0 bridgehead atoms. The van der Waals surface area contributed by atoms with Gasteiger partial charge in [0.1, 0.15) is 6.61 Å². The van der Waals surface area contributed by atoms with Crippen molar-refractivity contribution in [3.8, 4) is 22.3 Å². The number of carbonyl (C=O) groups is 1. The zero-order valence-electron chi connectivity index (χ0n) is 13.9. The highest BCUT2D eigenvalue weighted by Gasteiger charge is 2.03. The van der Waals surface area contributed by atoms with E-state index in [9.17, 15) is 4.79 Å². The van der Waals surface area contributed by atoms with Crippen LogP contribution in [-0.2, 0) is 16.1 Å². The Bertz CT molecular complexity index is 809. The Balaban J connectivity index is 1.67. The Labute approximate surface area is 153 Å². The van der Waals surface area contributed by atoms with Crippen LogP contribution in [0.4, 0.5) is 0 Å². The summed E-state index contributed by atoms with van der Waals surface area (Å²) in [7, 11) is 0. The third kappa shape index (κ3) is 4.74. The summed E-state index contributed by atoms with van der Waals surface area (Å²) < 4.78 is 5.19. The molecule has 0 saturated heterocycles. The second-order valence-electron chi connectivity index (χ2n) is 5.77. The molecule has 0 aliphatic rings. The van der Waals surface area contributed by atoms with Crippen LogP contribution < -0.4 is 0 Å². The van der Waals surface area contributed by atoms with E-state index in [1.165, 1.54) is 16.7 Å². The fourth-order valence-electron chi connectivity index (χ4n) is 2.61. The topological polar surface area (TPSA) is 26.3 Å². The molecular formula is C22H20O2S. The quantitative estimate of drug-likeness (QED) is 0.478. The smallest absolute Gasteiger partial charge is 0.306 e. The number of carbonyl (C=O) groups excluding carboxylic acids is 1. The lowest BCUT2D eigenvalue weighted by Gasteiger charge is -2.07. The summed E-state index contributed by atoms with van der Waals surface area (Å²) in [6.45, 7) is 0.305. The third-order valence-corrected chi connectivity index (χ3v) is 4.22. The first-order valence-corrected chi connectivity index (χ1v) is 8.91. The predicted octanol–water partition coefficient (Wildman–Crippen LogP) is 5.38. The van der Waals surface area contributed by atoms with Crippen LogP contribution in [0.15, 0.2) is 78.9 Å². The molecule has 0 aliphatic carbocycles. The number of rotatable bonds is 6. The van der Waals surface area contributed by atoms with E-state index in [-0.39, 0.29) is 5.97 Å². The van der Waals surface area contributed by atoms with Gasteiger partial charge in [0.15, 0.2) is 0 Å². The van der Waals surface area contributed by atoms with Crippen LogP contribution >= 0.6 is 12.6 Å². The van der Waals surface area contributed by atoms with Crippen LogP contribution in [0.2, 0.25) is 0 Å². The molecule has 3 heteroatoms. The van der Waals surface area contributed by atoms with E-state index in [4.69, 9.17) is 4.74 Å². The van der Waals surface area contributed by atoms with Crippen molar-refractivity contribution >= 4 is 18.6 Å². The number of ether oxygens (including phenoxy) is 1. The molecule has 0 spiro atoms. The van der Waals surface area contributed by atoms with Crippen molar-refractivity contribution in [3.05, 3.63) is 84.4 Å². The van der Waals surface area contributed by atoms with Crippen LogP contribution in [0.5, 0.6) is 0 Å². The summed E-state index contributed by atoms with van der Waals surface area (Å²) >= 11 is 4.02. The fourth-order valence-corrected chi connectivity index (χ4v) is 2.79. The highest BCUT2D eigenvalue weighted by Crippen LogP contribution is 2.25. The molecule has 25 heavy (non-hydrogen) atoms. The molecular weight excluding hydrogens is 328 g/mol. The lowest BCUT2D eigenvalue weighted by Crippen LogP contribution is -2.04. The Morgan fingerprint density at radius 3 is 1.72 bits per heavy atom. The fraction of sp³-hybridized carbons (Fsp3) is 0.136. The first-order chi connectivity index (χ1) is 12.3. The van der Waals surface area contributed by atoms with Gasteiger partial charge in [-0.2, -0.15) is 12.6 Å². The van der Waals surface area contributed by atoms with Crippen LogP contribution in [0.3, 0.4) is 0 Å². The van der Waals surface area contributed by atoms with Crippen molar-refractivity contribution in [3.63, 3.8) is 0 Å². The van der Waals surface area contributed by atoms with E-state index in [0.29, 0.717) is 18.8 Å². The van der Waals surface area contributed by atoms with E-state index >= 15 is 0 Å². The third-order valence-electron chi connectivity index (χ3n) is 4.00. The molecule has 0 saturated carbocycles. The van der Waals surface area contributed by atoms with Crippen molar-refractivity contribution in [2.24, 2.45) is 0 Å². The second kappa shape index (κ2) is 8.54. The summed E-state index contributed by atoms with van der Waals surface area (Å²) in [6, 6.07) is 27.0. The van der Waals surface area contributed by atoms with Gasteiger partial charge in [-0.15, -0.1) is 0 Å². The number of hydrogen-bond acceptors (Lipinski definition) is 3. The summed E-state index contributed by atoms with van der Waals surface area (Å²) in [6.07, 6.45) is 0.342. The Morgan fingerprint density at radius 2 is 1.20 bits per heavy atom. The normalized spacial score (nSPS) is 10.4. The van der Waals surface area contributed by atoms with E-state index in [2.05, 4.69) is 61.2 Å². The molecule has 3 aromatic rings. The molecule has 2 nitrogen and oxygen atoms in total. The predicted molar refractivity (Wildman–Crippen MR) is 106 cm³/mol. The minimum Gasteiger partial charge on any atom is -0.461 e. The lowest BCUT2D eigenvalue weighted by atomic mass is 10.00. The first-order valence-electron chi connectivity index (χ1n) is 8.27. The number of esters is 1. The van der Waals surface area contributed by atoms with Crippen molar-refractivity contribution in [1.82, 2.24) is 0 Å². The maximum Gasteiger partial charge on any atom is 0.306 e. The highest BCUT2D eigenvalue weighted by atomic mass is 32.1. The molecule has 0 atom stereocenters. The van der Waals surface area contributed by atoms with E-state index in [1.807, 2.05) is 30.3 Å². The molecule has 0 fully saturated rings. The molecule has 0 unspecified atom stereocenters. The maximum absolute atomic E-state index is 11.4. The molecule has 0 radical (unpaired) electrons. The number of hydrogen-bond donors (Lipinski definition) is 1. The van der Waals surface area contributed by atoms with E-state index < -0.39 is 0 Å². The zero-order chi connectivity index (χ0) is 17.5. The zero-order valence-corrected chi connectivity index (χ0v) is 14.8. The average molecular weight is 348 g/mol. The number of thiol groups is 1. The van der Waals surface area contributed by atoms with E-state index in [0.717, 1.165) is 11.1 Å². The van der Waals surface area contributed by atoms with Crippen molar-refractivity contribution in [1.29, 1.82) is 0 Å². The van der Waals surface area contributed by atoms with Gasteiger partial charge in [-0.05, 0) is 27.8 Å². The van der Waals surface area contributed by atoms with Gasteiger partial charge < -0.3 is 4.74 Å². The molecule has 0 heterocycles. The van der Waals surface area contributed by atoms with Crippen LogP contribution in [0.1, 0.15) is 12.0 Å².